The lowest BCUT2D eigenvalue weighted by molar-refractivity contribution is -0.277. The molecule has 1 fully saturated rings. The Bertz CT molecular complexity index is 415. The molecule has 0 saturated carbocycles. The summed E-state index contributed by atoms with van der Waals surface area (Å²) in [5, 5.41) is 2.58. The Hall–Kier alpha value is -1.07. The Balaban J connectivity index is 2.41. The van der Waals surface area contributed by atoms with Crippen LogP contribution in [-0.4, -0.2) is 18.8 Å². The van der Waals surface area contributed by atoms with Crippen LogP contribution in [0.5, 0.6) is 0 Å². The van der Waals surface area contributed by atoms with Crippen LogP contribution in [0.4, 0.5) is 13.2 Å². The van der Waals surface area contributed by atoms with Crippen LogP contribution in [0.1, 0.15) is 24.5 Å². The van der Waals surface area contributed by atoms with E-state index in [1.807, 2.05) is 13.8 Å². The molecule has 2 rings (SSSR count). The molecule has 2 atom stereocenters. The minimum atomic E-state index is -4.48. The van der Waals surface area contributed by atoms with Crippen LogP contribution >= 0.6 is 0 Å². The molecular weight excluding hydrogens is 243 g/mol. The van der Waals surface area contributed by atoms with Crippen LogP contribution in [-0.2, 0) is 10.5 Å². The molecule has 0 aromatic heterocycles. The SMILES string of the molecule is CCC1COC(c2ccc(C)cc2)(C(F)(F)F)N1. The van der Waals surface area contributed by atoms with E-state index in [0.717, 1.165) is 5.56 Å². The van der Waals surface area contributed by atoms with Crippen LogP contribution in [0.3, 0.4) is 0 Å². The first kappa shape index (κ1) is 13.4. The first-order valence-electron chi connectivity index (χ1n) is 5.94. The number of halogens is 3. The van der Waals surface area contributed by atoms with Gasteiger partial charge in [0.25, 0.3) is 0 Å². The fourth-order valence-electron chi connectivity index (χ4n) is 2.10. The largest absolute Gasteiger partial charge is 0.435 e. The summed E-state index contributed by atoms with van der Waals surface area (Å²) in [5.41, 5.74) is -1.33. The van der Waals surface area contributed by atoms with Gasteiger partial charge in [0.2, 0.25) is 5.72 Å². The van der Waals surface area contributed by atoms with Gasteiger partial charge >= 0.3 is 6.18 Å². The number of benzene rings is 1. The molecule has 1 N–H and O–H groups in total. The number of hydrogen-bond acceptors (Lipinski definition) is 2. The molecule has 1 aliphatic rings. The standard InChI is InChI=1S/C13H16F3NO/c1-3-11-8-18-12(17-11,13(14,15)16)10-6-4-9(2)5-7-10/h4-7,11,17H,3,8H2,1-2H3. The smallest absolute Gasteiger partial charge is 0.347 e. The van der Waals surface area contributed by atoms with E-state index in [2.05, 4.69) is 5.32 Å². The Labute approximate surface area is 104 Å². The minimum Gasteiger partial charge on any atom is -0.347 e. The predicted molar refractivity (Wildman–Crippen MR) is 62.1 cm³/mol. The van der Waals surface area contributed by atoms with Gasteiger partial charge in [0, 0.05) is 11.6 Å². The minimum absolute atomic E-state index is 0.0733. The predicted octanol–water partition coefficient (Wildman–Crippen LogP) is 3.11. The van der Waals surface area contributed by atoms with Crippen molar-refractivity contribution in [3.63, 3.8) is 0 Å². The van der Waals surface area contributed by atoms with E-state index in [-0.39, 0.29) is 18.2 Å². The van der Waals surface area contributed by atoms with Crippen molar-refractivity contribution in [2.24, 2.45) is 0 Å². The Morgan fingerprint density at radius 2 is 1.94 bits per heavy atom. The molecule has 5 heteroatoms. The third kappa shape index (κ3) is 2.12. The molecule has 100 valence electrons. The van der Waals surface area contributed by atoms with E-state index in [4.69, 9.17) is 4.74 Å². The van der Waals surface area contributed by atoms with Crippen molar-refractivity contribution >= 4 is 0 Å². The van der Waals surface area contributed by atoms with Crippen LogP contribution in [0.25, 0.3) is 0 Å². The lowest BCUT2D eigenvalue weighted by Gasteiger charge is -2.32. The highest BCUT2D eigenvalue weighted by atomic mass is 19.4. The second-order valence-corrected chi connectivity index (χ2v) is 4.61. The maximum absolute atomic E-state index is 13.3. The van der Waals surface area contributed by atoms with Crippen molar-refractivity contribution < 1.29 is 17.9 Å². The topological polar surface area (TPSA) is 21.3 Å². The molecule has 0 spiro atoms. The van der Waals surface area contributed by atoms with Crippen molar-refractivity contribution in [1.82, 2.24) is 5.32 Å². The monoisotopic (exact) mass is 259 g/mol. The molecule has 0 radical (unpaired) electrons. The summed E-state index contributed by atoms with van der Waals surface area (Å²) >= 11 is 0. The highest BCUT2D eigenvalue weighted by Gasteiger charge is 2.61. The number of rotatable bonds is 2. The van der Waals surface area contributed by atoms with Crippen LogP contribution in [0, 0.1) is 6.92 Å². The maximum atomic E-state index is 13.3. The van der Waals surface area contributed by atoms with Gasteiger partial charge in [-0.15, -0.1) is 0 Å². The molecule has 2 unspecified atom stereocenters. The van der Waals surface area contributed by atoms with Gasteiger partial charge in [-0.1, -0.05) is 36.8 Å². The van der Waals surface area contributed by atoms with Gasteiger partial charge in [0.05, 0.1) is 6.61 Å². The van der Waals surface area contributed by atoms with Gasteiger partial charge in [-0.05, 0) is 13.3 Å². The van der Waals surface area contributed by atoms with Gasteiger partial charge in [0.1, 0.15) is 0 Å². The zero-order valence-corrected chi connectivity index (χ0v) is 10.3. The number of ether oxygens (including phenoxy) is 1. The molecule has 2 nitrogen and oxygen atoms in total. The van der Waals surface area contributed by atoms with E-state index >= 15 is 0 Å². The lowest BCUT2D eigenvalue weighted by atomic mass is 10.0. The van der Waals surface area contributed by atoms with Gasteiger partial charge in [-0.3, -0.25) is 5.32 Å². The third-order valence-corrected chi connectivity index (χ3v) is 3.26. The van der Waals surface area contributed by atoms with E-state index in [1.54, 1.807) is 12.1 Å². The molecule has 0 bridgehead atoms. The van der Waals surface area contributed by atoms with Crippen LogP contribution < -0.4 is 5.32 Å². The van der Waals surface area contributed by atoms with Gasteiger partial charge in [-0.2, -0.15) is 13.2 Å². The lowest BCUT2D eigenvalue weighted by Crippen LogP contribution is -2.52. The third-order valence-electron chi connectivity index (χ3n) is 3.26. The summed E-state index contributed by atoms with van der Waals surface area (Å²) in [7, 11) is 0. The average Bonchev–Trinajstić information content (AvgIpc) is 2.75. The van der Waals surface area contributed by atoms with Gasteiger partial charge in [-0.25, -0.2) is 0 Å². The number of aryl methyl sites for hydroxylation is 1. The number of nitrogens with one attached hydrogen (secondary N) is 1. The van der Waals surface area contributed by atoms with Crippen molar-refractivity contribution in [2.45, 2.75) is 38.2 Å². The molecule has 1 heterocycles. The van der Waals surface area contributed by atoms with E-state index in [0.29, 0.717) is 6.42 Å². The summed E-state index contributed by atoms with van der Waals surface area (Å²) in [6.45, 7) is 3.74. The fraction of sp³-hybridized carbons (Fsp3) is 0.538. The molecule has 1 aromatic rings. The molecule has 18 heavy (non-hydrogen) atoms. The summed E-state index contributed by atoms with van der Waals surface area (Å²) in [4.78, 5) is 0. The number of hydrogen-bond donors (Lipinski definition) is 1. The van der Waals surface area contributed by atoms with E-state index in [9.17, 15) is 13.2 Å². The molecular formula is C13H16F3NO. The first-order valence-corrected chi connectivity index (χ1v) is 5.94. The molecule has 1 aromatic carbocycles. The van der Waals surface area contributed by atoms with Crippen molar-refractivity contribution in [1.29, 1.82) is 0 Å². The van der Waals surface area contributed by atoms with E-state index < -0.39 is 11.9 Å². The Morgan fingerprint density at radius 3 is 2.39 bits per heavy atom. The van der Waals surface area contributed by atoms with Crippen LogP contribution in [0.15, 0.2) is 24.3 Å². The zero-order valence-electron chi connectivity index (χ0n) is 10.3. The Kier molecular flexibility index (Phi) is 3.38. The van der Waals surface area contributed by atoms with Crippen LogP contribution in [0.2, 0.25) is 0 Å². The Morgan fingerprint density at radius 1 is 1.33 bits per heavy atom. The normalized spacial score (nSPS) is 28.6. The maximum Gasteiger partial charge on any atom is 0.435 e. The van der Waals surface area contributed by atoms with E-state index in [1.165, 1.54) is 12.1 Å². The number of alkyl halides is 3. The second kappa shape index (κ2) is 4.55. The fourth-order valence-corrected chi connectivity index (χ4v) is 2.10. The van der Waals surface area contributed by atoms with Gasteiger partial charge < -0.3 is 4.74 Å². The highest BCUT2D eigenvalue weighted by molar-refractivity contribution is 5.28. The summed E-state index contributed by atoms with van der Waals surface area (Å²) in [5.74, 6) is 0. The highest BCUT2D eigenvalue weighted by Crippen LogP contribution is 2.43. The summed E-state index contributed by atoms with van der Waals surface area (Å²) in [6.07, 6.45) is -3.88. The second-order valence-electron chi connectivity index (χ2n) is 4.61. The van der Waals surface area contributed by atoms with Crippen molar-refractivity contribution in [3.05, 3.63) is 35.4 Å². The molecule has 0 aliphatic carbocycles. The average molecular weight is 259 g/mol. The van der Waals surface area contributed by atoms with Gasteiger partial charge in [0.15, 0.2) is 0 Å². The zero-order chi connectivity index (χ0) is 13.4. The van der Waals surface area contributed by atoms with Crippen molar-refractivity contribution in [3.8, 4) is 0 Å². The molecule has 1 saturated heterocycles. The summed E-state index contributed by atoms with van der Waals surface area (Å²) in [6, 6.07) is 5.98. The first-order chi connectivity index (χ1) is 8.39. The van der Waals surface area contributed by atoms with Crippen molar-refractivity contribution in [2.75, 3.05) is 6.61 Å². The quantitative estimate of drug-likeness (QED) is 0.881. The molecule has 0 amide bonds. The summed E-state index contributed by atoms with van der Waals surface area (Å²) < 4.78 is 45.1. The molecule has 1 aliphatic heterocycles.